The van der Waals surface area contributed by atoms with E-state index in [1.807, 2.05) is 4.90 Å². The number of benzene rings is 1. The minimum atomic E-state index is -0.123. The molecule has 27 heavy (non-hydrogen) atoms. The van der Waals surface area contributed by atoms with Crippen molar-refractivity contribution in [3.8, 4) is 11.5 Å². The highest BCUT2D eigenvalue weighted by atomic mass is 16.7. The van der Waals surface area contributed by atoms with E-state index in [-0.39, 0.29) is 18.6 Å². The molecule has 1 fully saturated rings. The minimum Gasteiger partial charge on any atom is -0.454 e. The molecule has 2 aliphatic heterocycles. The Morgan fingerprint density at radius 2 is 1.93 bits per heavy atom. The average Bonchev–Trinajstić information content (AvgIpc) is 3.20. The lowest BCUT2D eigenvalue weighted by Gasteiger charge is -2.32. The Morgan fingerprint density at radius 1 is 1.11 bits per heavy atom. The molecule has 0 saturated carbocycles. The number of carbonyl (C=O) groups is 2. The molecule has 1 aromatic carbocycles. The second kappa shape index (κ2) is 7.65. The molecule has 0 bridgehead atoms. The predicted octanol–water partition coefficient (Wildman–Crippen LogP) is 2.09. The first-order valence-corrected chi connectivity index (χ1v) is 9.08. The summed E-state index contributed by atoms with van der Waals surface area (Å²) in [5, 5.41) is 2.99. The van der Waals surface area contributed by atoms with Gasteiger partial charge in [0.25, 0.3) is 11.8 Å². The first-order valence-electron chi connectivity index (χ1n) is 9.08. The van der Waals surface area contributed by atoms with Crippen LogP contribution < -0.4 is 14.8 Å². The molecular formula is C20H21N3O4. The molecule has 7 heteroatoms. The van der Waals surface area contributed by atoms with Gasteiger partial charge in [-0.25, -0.2) is 0 Å². The van der Waals surface area contributed by atoms with Gasteiger partial charge in [-0.15, -0.1) is 0 Å². The lowest BCUT2D eigenvalue weighted by molar-refractivity contribution is 0.0684. The largest absolute Gasteiger partial charge is 0.454 e. The van der Waals surface area contributed by atoms with Crippen molar-refractivity contribution in [3.05, 3.63) is 53.9 Å². The van der Waals surface area contributed by atoms with Crippen LogP contribution in [-0.2, 0) is 0 Å². The van der Waals surface area contributed by atoms with Crippen LogP contribution in [0.15, 0.2) is 42.7 Å². The Hall–Kier alpha value is -3.09. The fraction of sp³-hybridized carbons (Fsp3) is 0.350. The third kappa shape index (κ3) is 3.86. The van der Waals surface area contributed by atoms with Crippen molar-refractivity contribution in [2.24, 2.45) is 5.92 Å². The van der Waals surface area contributed by atoms with Gasteiger partial charge in [0.05, 0.1) is 5.56 Å². The van der Waals surface area contributed by atoms with Gasteiger partial charge >= 0.3 is 0 Å². The predicted molar refractivity (Wildman–Crippen MR) is 97.8 cm³/mol. The first-order chi connectivity index (χ1) is 13.2. The molecule has 1 saturated heterocycles. The molecule has 0 aliphatic carbocycles. The van der Waals surface area contributed by atoms with Gasteiger partial charge in [-0.05, 0) is 49.1 Å². The van der Waals surface area contributed by atoms with Crippen molar-refractivity contribution >= 4 is 11.8 Å². The van der Waals surface area contributed by atoms with Crippen LogP contribution in [0, 0.1) is 5.92 Å². The summed E-state index contributed by atoms with van der Waals surface area (Å²) in [6.45, 7) is 2.18. The SMILES string of the molecule is O=C(NCC1CCN(C(=O)c2cccnc2)CC1)c1ccc2c(c1)OCO2. The molecule has 2 amide bonds. The van der Waals surface area contributed by atoms with Crippen LogP contribution >= 0.6 is 0 Å². The fourth-order valence-corrected chi connectivity index (χ4v) is 3.39. The zero-order valence-electron chi connectivity index (χ0n) is 14.9. The van der Waals surface area contributed by atoms with E-state index in [1.54, 1.807) is 42.7 Å². The highest BCUT2D eigenvalue weighted by molar-refractivity contribution is 5.95. The van der Waals surface area contributed by atoms with Crippen LogP contribution in [0.4, 0.5) is 0 Å². The normalized spacial score (nSPS) is 16.2. The second-order valence-corrected chi connectivity index (χ2v) is 6.76. The summed E-state index contributed by atoms with van der Waals surface area (Å²) in [5.74, 6) is 1.52. The number of nitrogens with zero attached hydrogens (tertiary/aromatic N) is 2. The lowest BCUT2D eigenvalue weighted by atomic mass is 9.96. The zero-order chi connectivity index (χ0) is 18.6. The fourth-order valence-electron chi connectivity index (χ4n) is 3.39. The molecule has 1 aromatic heterocycles. The van der Waals surface area contributed by atoms with E-state index < -0.39 is 0 Å². The first kappa shape index (κ1) is 17.3. The molecule has 140 valence electrons. The molecule has 2 aromatic rings. The number of hydrogen-bond donors (Lipinski definition) is 1. The van der Waals surface area contributed by atoms with Crippen LogP contribution in [0.25, 0.3) is 0 Å². The third-order valence-corrected chi connectivity index (χ3v) is 5.00. The number of rotatable bonds is 4. The Kier molecular flexibility index (Phi) is 4.91. The van der Waals surface area contributed by atoms with Gasteiger partial charge in [0.1, 0.15) is 0 Å². The van der Waals surface area contributed by atoms with Gasteiger partial charge in [0, 0.05) is 37.6 Å². The van der Waals surface area contributed by atoms with E-state index in [0.717, 1.165) is 12.8 Å². The Balaban J connectivity index is 1.26. The standard InChI is InChI=1S/C20H21N3O4/c24-19(15-3-4-17-18(10-15)27-13-26-17)22-11-14-5-8-23(9-6-14)20(25)16-2-1-7-21-12-16/h1-4,7,10,12,14H,5-6,8-9,11,13H2,(H,22,24). The maximum Gasteiger partial charge on any atom is 0.255 e. The summed E-state index contributed by atoms with van der Waals surface area (Å²) < 4.78 is 10.6. The number of aromatic nitrogens is 1. The molecule has 4 rings (SSSR count). The van der Waals surface area contributed by atoms with Crippen LogP contribution in [-0.4, -0.2) is 48.1 Å². The van der Waals surface area contributed by atoms with Crippen LogP contribution in [0.1, 0.15) is 33.6 Å². The Labute approximate surface area is 157 Å². The molecule has 3 heterocycles. The number of likely N-dealkylation sites (tertiary alicyclic amines) is 1. The van der Waals surface area contributed by atoms with Gasteiger partial charge in [0.2, 0.25) is 6.79 Å². The Morgan fingerprint density at radius 3 is 2.70 bits per heavy atom. The maximum absolute atomic E-state index is 12.4. The van der Waals surface area contributed by atoms with E-state index in [4.69, 9.17) is 9.47 Å². The number of carbonyl (C=O) groups excluding carboxylic acids is 2. The smallest absolute Gasteiger partial charge is 0.255 e. The summed E-state index contributed by atoms with van der Waals surface area (Å²) in [5.41, 5.74) is 1.18. The van der Waals surface area contributed by atoms with Crippen LogP contribution in [0.5, 0.6) is 11.5 Å². The molecule has 0 spiro atoms. The van der Waals surface area contributed by atoms with Crippen molar-refractivity contribution < 1.29 is 19.1 Å². The van der Waals surface area contributed by atoms with Gasteiger partial charge in [-0.1, -0.05) is 0 Å². The van der Waals surface area contributed by atoms with E-state index in [9.17, 15) is 9.59 Å². The summed E-state index contributed by atoms with van der Waals surface area (Å²) in [6.07, 6.45) is 4.99. The highest BCUT2D eigenvalue weighted by Crippen LogP contribution is 2.32. The number of amides is 2. The highest BCUT2D eigenvalue weighted by Gasteiger charge is 2.24. The van der Waals surface area contributed by atoms with E-state index in [2.05, 4.69) is 10.3 Å². The second-order valence-electron chi connectivity index (χ2n) is 6.76. The van der Waals surface area contributed by atoms with E-state index >= 15 is 0 Å². The number of fused-ring (bicyclic) bond motifs is 1. The zero-order valence-corrected chi connectivity index (χ0v) is 14.9. The van der Waals surface area contributed by atoms with Crippen molar-refractivity contribution in [3.63, 3.8) is 0 Å². The molecule has 7 nitrogen and oxygen atoms in total. The minimum absolute atomic E-state index is 0.0194. The monoisotopic (exact) mass is 367 g/mol. The van der Waals surface area contributed by atoms with E-state index in [0.29, 0.717) is 48.2 Å². The number of piperidine rings is 1. The molecule has 1 N–H and O–H groups in total. The number of hydrogen-bond acceptors (Lipinski definition) is 5. The quantitative estimate of drug-likeness (QED) is 0.895. The number of nitrogens with one attached hydrogen (secondary N) is 1. The van der Waals surface area contributed by atoms with Crippen molar-refractivity contribution in [2.45, 2.75) is 12.8 Å². The lowest BCUT2D eigenvalue weighted by Crippen LogP contribution is -2.41. The van der Waals surface area contributed by atoms with Crippen molar-refractivity contribution in [2.75, 3.05) is 26.4 Å². The van der Waals surface area contributed by atoms with Gasteiger partial charge < -0.3 is 19.7 Å². The summed E-state index contributed by atoms with van der Waals surface area (Å²) >= 11 is 0. The van der Waals surface area contributed by atoms with Gasteiger partial charge in [0.15, 0.2) is 11.5 Å². The van der Waals surface area contributed by atoms with Crippen LogP contribution in [0.3, 0.4) is 0 Å². The summed E-state index contributed by atoms with van der Waals surface area (Å²) in [7, 11) is 0. The molecule has 0 unspecified atom stereocenters. The van der Waals surface area contributed by atoms with Gasteiger partial charge in [-0.3, -0.25) is 14.6 Å². The number of pyridine rings is 1. The maximum atomic E-state index is 12.4. The Bertz CT molecular complexity index is 832. The van der Waals surface area contributed by atoms with E-state index in [1.165, 1.54) is 0 Å². The average molecular weight is 367 g/mol. The summed E-state index contributed by atoms with van der Waals surface area (Å²) in [4.78, 5) is 30.7. The van der Waals surface area contributed by atoms with Gasteiger partial charge in [-0.2, -0.15) is 0 Å². The van der Waals surface area contributed by atoms with Crippen molar-refractivity contribution in [1.82, 2.24) is 15.2 Å². The molecule has 0 radical (unpaired) electrons. The third-order valence-electron chi connectivity index (χ3n) is 5.00. The van der Waals surface area contributed by atoms with Crippen LogP contribution in [0.2, 0.25) is 0 Å². The topological polar surface area (TPSA) is 80.8 Å². The number of ether oxygens (including phenoxy) is 2. The summed E-state index contributed by atoms with van der Waals surface area (Å²) in [6, 6.07) is 8.74. The van der Waals surface area contributed by atoms with Crippen molar-refractivity contribution in [1.29, 1.82) is 0 Å². The molecule has 2 aliphatic rings. The molecule has 0 atom stereocenters. The molecular weight excluding hydrogens is 346 g/mol.